The van der Waals surface area contributed by atoms with Crippen molar-refractivity contribution in [3.05, 3.63) is 29.7 Å². The van der Waals surface area contributed by atoms with E-state index in [1.807, 2.05) is 19.2 Å². The van der Waals surface area contributed by atoms with Gasteiger partial charge in [0.15, 0.2) is 5.65 Å². The highest BCUT2D eigenvalue weighted by Gasteiger charge is 2.35. The smallest absolute Gasteiger partial charge is 0.256 e. The van der Waals surface area contributed by atoms with Crippen molar-refractivity contribution in [3.8, 4) is 0 Å². The molecule has 2 aromatic heterocycles. The van der Waals surface area contributed by atoms with Crippen molar-refractivity contribution in [2.75, 3.05) is 33.9 Å². The summed E-state index contributed by atoms with van der Waals surface area (Å²) in [6.45, 7) is 3.94. The highest BCUT2D eigenvalue weighted by Crippen LogP contribution is 2.25. The quantitative estimate of drug-likeness (QED) is 0.906. The second-order valence-electron chi connectivity index (χ2n) is 6.31. The van der Waals surface area contributed by atoms with E-state index in [1.54, 1.807) is 10.7 Å². The lowest BCUT2D eigenvalue weighted by molar-refractivity contribution is -0.00657. The standard InChI is InChI=1S/C16H23N5O2/c1-12-4-7-21-14(19-12)13(10-18-21)15(22)17-11-16(20(2)3)5-8-23-9-6-16/h4,7,10H,5-6,8-9,11H2,1-3H3,(H,17,22). The molecule has 23 heavy (non-hydrogen) atoms. The lowest BCUT2D eigenvalue weighted by Gasteiger charge is -2.42. The molecule has 0 spiro atoms. The molecule has 0 aromatic carbocycles. The molecule has 7 heteroatoms. The van der Waals surface area contributed by atoms with E-state index in [1.165, 1.54) is 0 Å². The highest BCUT2D eigenvalue weighted by molar-refractivity contribution is 5.99. The van der Waals surface area contributed by atoms with Crippen molar-refractivity contribution >= 4 is 11.6 Å². The Bertz CT molecular complexity index is 704. The number of fused-ring (bicyclic) bond motifs is 1. The van der Waals surface area contributed by atoms with Crippen molar-refractivity contribution in [1.82, 2.24) is 24.8 Å². The van der Waals surface area contributed by atoms with Gasteiger partial charge in [0, 0.05) is 37.2 Å². The van der Waals surface area contributed by atoms with Crippen LogP contribution in [0.25, 0.3) is 5.65 Å². The summed E-state index contributed by atoms with van der Waals surface area (Å²) in [5, 5.41) is 7.25. The monoisotopic (exact) mass is 317 g/mol. The van der Waals surface area contributed by atoms with Gasteiger partial charge < -0.3 is 15.0 Å². The Morgan fingerprint density at radius 3 is 2.87 bits per heavy atom. The average Bonchev–Trinajstić information content (AvgIpc) is 2.96. The van der Waals surface area contributed by atoms with Gasteiger partial charge in [0.05, 0.1) is 6.20 Å². The van der Waals surface area contributed by atoms with E-state index in [-0.39, 0.29) is 11.4 Å². The zero-order valence-corrected chi connectivity index (χ0v) is 13.9. The van der Waals surface area contributed by atoms with Crippen LogP contribution in [-0.4, -0.2) is 64.8 Å². The number of aryl methyl sites for hydroxylation is 1. The Kier molecular flexibility index (Phi) is 4.32. The van der Waals surface area contributed by atoms with Crippen LogP contribution in [0.1, 0.15) is 28.9 Å². The molecule has 0 atom stereocenters. The summed E-state index contributed by atoms with van der Waals surface area (Å²) < 4.78 is 7.09. The van der Waals surface area contributed by atoms with Gasteiger partial charge in [-0.25, -0.2) is 9.50 Å². The first kappa shape index (κ1) is 15.9. The largest absolute Gasteiger partial charge is 0.381 e. The molecular formula is C16H23N5O2. The van der Waals surface area contributed by atoms with Gasteiger partial charge in [-0.3, -0.25) is 4.79 Å². The molecule has 7 nitrogen and oxygen atoms in total. The minimum atomic E-state index is -0.134. The fourth-order valence-electron chi connectivity index (χ4n) is 2.99. The first-order valence-corrected chi connectivity index (χ1v) is 7.86. The molecular weight excluding hydrogens is 294 g/mol. The zero-order chi connectivity index (χ0) is 16.4. The topological polar surface area (TPSA) is 71.8 Å². The minimum Gasteiger partial charge on any atom is -0.381 e. The van der Waals surface area contributed by atoms with Gasteiger partial charge in [0.25, 0.3) is 5.91 Å². The van der Waals surface area contributed by atoms with E-state index in [2.05, 4.69) is 34.4 Å². The number of carbonyl (C=O) groups excluding carboxylic acids is 1. The number of hydrogen-bond donors (Lipinski definition) is 1. The maximum Gasteiger partial charge on any atom is 0.256 e. The molecule has 0 unspecified atom stereocenters. The molecule has 0 aliphatic carbocycles. The van der Waals surface area contributed by atoms with Gasteiger partial charge in [0.1, 0.15) is 5.56 Å². The SMILES string of the molecule is Cc1ccn2ncc(C(=O)NCC3(N(C)C)CCOCC3)c2n1. The summed E-state index contributed by atoms with van der Waals surface area (Å²) in [4.78, 5) is 19.2. The molecule has 1 saturated heterocycles. The van der Waals surface area contributed by atoms with Crippen LogP contribution < -0.4 is 5.32 Å². The zero-order valence-electron chi connectivity index (χ0n) is 13.9. The Morgan fingerprint density at radius 1 is 1.43 bits per heavy atom. The van der Waals surface area contributed by atoms with Crippen LogP contribution in [0, 0.1) is 6.92 Å². The van der Waals surface area contributed by atoms with E-state index < -0.39 is 0 Å². The number of rotatable bonds is 4. The molecule has 124 valence electrons. The summed E-state index contributed by atoms with van der Waals surface area (Å²) in [6.07, 6.45) is 5.20. The van der Waals surface area contributed by atoms with Crippen molar-refractivity contribution in [2.45, 2.75) is 25.3 Å². The molecule has 2 aromatic rings. The number of amides is 1. The third-order valence-electron chi connectivity index (χ3n) is 4.70. The maximum absolute atomic E-state index is 12.6. The predicted molar refractivity (Wildman–Crippen MR) is 86.5 cm³/mol. The van der Waals surface area contributed by atoms with Gasteiger partial charge >= 0.3 is 0 Å². The second-order valence-corrected chi connectivity index (χ2v) is 6.31. The molecule has 3 rings (SSSR count). The Hall–Kier alpha value is -1.99. The molecule has 0 saturated carbocycles. The van der Waals surface area contributed by atoms with Crippen molar-refractivity contribution in [1.29, 1.82) is 0 Å². The number of aromatic nitrogens is 3. The van der Waals surface area contributed by atoms with Crippen LogP contribution >= 0.6 is 0 Å². The summed E-state index contributed by atoms with van der Waals surface area (Å²) in [7, 11) is 4.11. The normalized spacial score (nSPS) is 17.6. The molecule has 1 aliphatic heterocycles. The first-order valence-electron chi connectivity index (χ1n) is 7.86. The third kappa shape index (κ3) is 3.07. The van der Waals surface area contributed by atoms with Gasteiger partial charge in [-0.05, 0) is 39.9 Å². The van der Waals surface area contributed by atoms with Crippen molar-refractivity contribution in [3.63, 3.8) is 0 Å². The lowest BCUT2D eigenvalue weighted by atomic mass is 9.88. The first-order chi connectivity index (χ1) is 11.0. The molecule has 1 amide bonds. The molecule has 1 N–H and O–H groups in total. The number of likely N-dealkylation sites (N-methyl/N-ethyl adjacent to an activating group) is 1. The average molecular weight is 317 g/mol. The van der Waals surface area contributed by atoms with Crippen LogP contribution in [-0.2, 0) is 4.74 Å². The minimum absolute atomic E-state index is 0.0553. The third-order valence-corrected chi connectivity index (χ3v) is 4.70. The number of hydrogen-bond acceptors (Lipinski definition) is 5. The second kappa shape index (κ2) is 6.25. The molecule has 1 fully saturated rings. The number of nitrogens with zero attached hydrogens (tertiary/aromatic N) is 4. The Balaban J connectivity index is 1.76. The summed E-state index contributed by atoms with van der Waals surface area (Å²) >= 11 is 0. The molecule has 3 heterocycles. The van der Waals surface area contributed by atoms with E-state index >= 15 is 0 Å². The van der Waals surface area contributed by atoms with Crippen molar-refractivity contribution in [2.24, 2.45) is 0 Å². The van der Waals surface area contributed by atoms with Crippen molar-refractivity contribution < 1.29 is 9.53 Å². The van der Waals surface area contributed by atoms with Crippen LogP contribution in [0.3, 0.4) is 0 Å². The fourth-order valence-corrected chi connectivity index (χ4v) is 2.99. The van der Waals surface area contributed by atoms with Crippen LogP contribution in [0.2, 0.25) is 0 Å². The van der Waals surface area contributed by atoms with E-state index in [0.717, 1.165) is 31.7 Å². The van der Waals surface area contributed by atoms with Gasteiger partial charge in [-0.2, -0.15) is 5.10 Å². The molecule has 0 bridgehead atoms. The van der Waals surface area contributed by atoms with Gasteiger partial charge in [-0.1, -0.05) is 0 Å². The molecule has 1 aliphatic rings. The number of nitrogens with one attached hydrogen (secondary N) is 1. The maximum atomic E-state index is 12.6. The van der Waals surface area contributed by atoms with Gasteiger partial charge in [-0.15, -0.1) is 0 Å². The van der Waals surface area contributed by atoms with Gasteiger partial charge in [0.2, 0.25) is 0 Å². The summed E-state index contributed by atoms with van der Waals surface area (Å²) in [5.74, 6) is -0.134. The molecule has 0 radical (unpaired) electrons. The highest BCUT2D eigenvalue weighted by atomic mass is 16.5. The van der Waals surface area contributed by atoms with Crippen LogP contribution in [0.4, 0.5) is 0 Å². The Morgan fingerprint density at radius 2 is 2.17 bits per heavy atom. The Labute approximate surface area is 135 Å². The number of ether oxygens (including phenoxy) is 1. The fraction of sp³-hybridized carbons (Fsp3) is 0.562. The number of carbonyl (C=O) groups is 1. The van der Waals surface area contributed by atoms with E-state index in [9.17, 15) is 4.79 Å². The predicted octanol–water partition coefficient (Wildman–Crippen LogP) is 0.878. The lowest BCUT2D eigenvalue weighted by Crippen LogP contribution is -2.55. The summed E-state index contributed by atoms with van der Waals surface area (Å²) in [5.41, 5.74) is 1.91. The van der Waals surface area contributed by atoms with Crippen LogP contribution in [0.15, 0.2) is 18.5 Å². The van der Waals surface area contributed by atoms with E-state index in [0.29, 0.717) is 17.8 Å². The van der Waals surface area contributed by atoms with Crippen LogP contribution in [0.5, 0.6) is 0 Å². The summed E-state index contributed by atoms with van der Waals surface area (Å²) in [6, 6.07) is 1.87. The van der Waals surface area contributed by atoms with E-state index in [4.69, 9.17) is 4.74 Å².